The standard InChI is InChI=1S/C15H13ClN2O/c1-10-9-11-5-2-3-7-13(11)18(10)15(19)12-6-4-8-17-14(12)16/h2-8,10H,9H2,1H3/t10-/m0/s1. The molecule has 3 nitrogen and oxygen atoms in total. The predicted molar refractivity (Wildman–Crippen MR) is 75.7 cm³/mol. The summed E-state index contributed by atoms with van der Waals surface area (Å²) < 4.78 is 0. The number of pyridine rings is 1. The molecule has 1 aromatic carbocycles. The molecule has 3 rings (SSSR count). The predicted octanol–water partition coefficient (Wildman–Crippen LogP) is 3.33. The van der Waals surface area contributed by atoms with Gasteiger partial charge in [-0.05, 0) is 37.1 Å². The fourth-order valence-corrected chi connectivity index (χ4v) is 2.75. The van der Waals surface area contributed by atoms with Gasteiger partial charge >= 0.3 is 0 Å². The van der Waals surface area contributed by atoms with E-state index in [-0.39, 0.29) is 17.1 Å². The molecule has 0 radical (unpaired) electrons. The zero-order valence-corrected chi connectivity index (χ0v) is 11.3. The Morgan fingerprint density at radius 3 is 2.89 bits per heavy atom. The van der Waals surface area contributed by atoms with E-state index in [0.29, 0.717) is 5.56 Å². The zero-order valence-electron chi connectivity index (χ0n) is 10.5. The molecule has 0 aliphatic carbocycles. The van der Waals surface area contributed by atoms with E-state index in [0.717, 1.165) is 12.1 Å². The lowest BCUT2D eigenvalue weighted by atomic mass is 10.1. The first-order chi connectivity index (χ1) is 9.18. The van der Waals surface area contributed by atoms with Gasteiger partial charge in [0.1, 0.15) is 5.15 Å². The molecular weight excluding hydrogens is 260 g/mol. The number of fused-ring (bicyclic) bond motifs is 1. The lowest BCUT2D eigenvalue weighted by molar-refractivity contribution is 0.0981. The number of halogens is 1. The summed E-state index contributed by atoms with van der Waals surface area (Å²) in [6.07, 6.45) is 2.46. The van der Waals surface area contributed by atoms with E-state index in [1.54, 1.807) is 23.2 Å². The lowest BCUT2D eigenvalue weighted by Crippen LogP contribution is -2.35. The fourth-order valence-electron chi connectivity index (χ4n) is 2.55. The van der Waals surface area contributed by atoms with Gasteiger partial charge in [-0.2, -0.15) is 0 Å². The number of aromatic nitrogens is 1. The van der Waals surface area contributed by atoms with Gasteiger partial charge in [-0.15, -0.1) is 0 Å². The Kier molecular flexibility index (Phi) is 2.99. The summed E-state index contributed by atoms with van der Waals surface area (Å²) in [6.45, 7) is 2.04. The van der Waals surface area contributed by atoms with Crippen LogP contribution in [0.2, 0.25) is 5.15 Å². The van der Waals surface area contributed by atoms with Crippen LogP contribution in [0, 0.1) is 0 Å². The van der Waals surface area contributed by atoms with Gasteiger partial charge in [0.05, 0.1) is 5.56 Å². The van der Waals surface area contributed by atoms with Gasteiger partial charge in [-0.3, -0.25) is 4.79 Å². The molecule has 0 N–H and O–H groups in total. The van der Waals surface area contributed by atoms with Gasteiger partial charge < -0.3 is 4.90 Å². The highest BCUT2D eigenvalue weighted by molar-refractivity contribution is 6.33. The largest absolute Gasteiger partial charge is 0.305 e. The number of carbonyl (C=O) groups excluding carboxylic acids is 1. The van der Waals surface area contributed by atoms with Crippen molar-refractivity contribution in [2.45, 2.75) is 19.4 Å². The van der Waals surface area contributed by atoms with Crippen molar-refractivity contribution in [2.75, 3.05) is 4.90 Å². The number of benzene rings is 1. The zero-order chi connectivity index (χ0) is 13.4. The van der Waals surface area contributed by atoms with Crippen molar-refractivity contribution in [3.63, 3.8) is 0 Å². The first kappa shape index (κ1) is 12.2. The number of nitrogens with zero attached hydrogens (tertiary/aromatic N) is 2. The van der Waals surface area contributed by atoms with E-state index in [9.17, 15) is 4.79 Å². The van der Waals surface area contributed by atoms with Gasteiger partial charge in [0.25, 0.3) is 5.91 Å². The molecule has 0 saturated heterocycles. The van der Waals surface area contributed by atoms with Crippen LogP contribution in [0.3, 0.4) is 0 Å². The number of carbonyl (C=O) groups is 1. The smallest absolute Gasteiger partial charge is 0.261 e. The molecule has 1 aliphatic heterocycles. The molecule has 2 aromatic rings. The third-order valence-electron chi connectivity index (χ3n) is 3.42. The van der Waals surface area contributed by atoms with Crippen molar-refractivity contribution in [3.05, 3.63) is 58.9 Å². The fraction of sp³-hybridized carbons (Fsp3) is 0.200. The van der Waals surface area contributed by atoms with Gasteiger partial charge in [0.15, 0.2) is 0 Å². The normalized spacial score (nSPS) is 17.4. The average molecular weight is 273 g/mol. The molecule has 19 heavy (non-hydrogen) atoms. The van der Waals surface area contributed by atoms with E-state index in [4.69, 9.17) is 11.6 Å². The Morgan fingerprint density at radius 1 is 1.32 bits per heavy atom. The van der Waals surface area contributed by atoms with Crippen LogP contribution in [0.15, 0.2) is 42.6 Å². The first-order valence-corrected chi connectivity index (χ1v) is 6.58. The minimum Gasteiger partial charge on any atom is -0.305 e. The third kappa shape index (κ3) is 2.00. The topological polar surface area (TPSA) is 33.2 Å². The number of hydrogen-bond donors (Lipinski definition) is 0. The Hall–Kier alpha value is -1.87. The molecule has 1 aliphatic rings. The van der Waals surface area contributed by atoms with Crippen LogP contribution in [0.5, 0.6) is 0 Å². The first-order valence-electron chi connectivity index (χ1n) is 6.20. The van der Waals surface area contributed by atoms with Crippen LogP contribution < -0.4 is 4.90 Å². The molecule has 4 heteroatoms. The van der Waals surface area contributed by atoms with Crippen LogP contribution in [-0.2, 0) is 6.42 Å². The summed E-state index contributed by atoms with van der Waals surface area (Å²) in [5.41, 5.74) is 2.62. The summed E-state index contributed by atoms with van der Waals surface area (Å²) in [5, 5.41) is 0.254. The highest BCUT2D eigenvalue weighted by Crippen LogP contribution is 2.33. The minimum atomic E-state index is -0.0875. The third-order valence-corrected chi connectivity index (χ3v) is 3.72. The van der Waals surface area contributed by atoms with Crippen molar-refractivity contribution in [2.24, 2.45) is 0 Å². The summed E-state index contributed by atoms with van der Waals surface area (Å²) in [7, 11) is 0. The number of amides is 1. The number of anilines is 1. The maximum atomic E-state index is 12.6. The van der Waals surface area contributed by atoms with E-state index < -0.39 is 0 Å². The van der Waals surface area contributed by atoms with Crippen LogP contribution in [0.25, 0.3) is 0 Å². The maximum Gasteiger partial charge on any atom is 0.261 e. The second-order valence-electron chi connectivity index (χ2n) is 4.70. The Labute approximate surface area is 116 Å². The molecule has 2 heterocycles. The minimum absolute atomic E-state index is 0.0875. The number of rotatable bonds is 1. The highest BCUT2D eigenvalue weighted by atomic mass is 35.5. The number of para-hydroxylation sites is 1. The van der Waals surface area contributed by atoms with Gasteiger partial charge in [-0.1, -0.05) is 29.8 Å². The number of hydrogen-bond acceptors (Lipinski definition) is 2. The van der Waals surface area contributed by atoms with E-state index in [2.05, 4.69) is 11.1 Å². The molecule has 0 spiro atoms. The van der Waals surface area contributed by atoms with Crippen molar-refractivity contribution in [3.8, 4) is 0 Å². The molecule has 1 amide bonds. The quantitative estimate of drug-likeness (QED) is 0.746. The SMILES string of the molecule is C[C@H]1Cc2ccccc2N1C(=O)c1cccnc1Cl. The summed E-state index contributed by atoms with van der Waals surface area (Å²) in [5.74, 6) is -0.0875. The molecule has 0 unspecified atom stereocenters. The van der Waals surface area contributed by atoms with Gasteiger partial charge in [-0.25, -0.2) is 4.98 Å². The van der Waals surface area contributed by atoms with Crippen molar-refractivity contribution >= 4 is 23.2 Å². The summed E-state index contributed by atoms with van der Waals surface area (Å²) in [6, 6.07) is 11.6. The molecule has 0 bridgehead atoms. The summed E-state index contributed by atoms with van der Waals surface area (Å²) >= 11 is 6.01. The molecular formula is C15H13ClN2O. The summed E-state index contributed by atoms with van der Waals surface area (Å²) in [4.78, 5) is 18.4. The van der Waals surface area contributed by atoms with Crippen molar-refractivity contribution in [1.82, 2.24) is 4.98 Å². The van der Waals surface area contributed by atoms with Crippen LogP contribution in [0.4, 0.5) is 5.69 Å². The van der Waals surface area contributed by atoms with Crippen LogP contribution in [0.1, 0.15) is 22.8 Å². The Balaban J connectivity index is 2.03. The molecule has 96 valence electrons. The van der Waals surface area contributed by atoms with Crippen LogP contribution >= 0.6 is 11.6 Å². The highest BCUT2D eigenvalue weighted by Gasteiger charge is 2.32. The second kappa shape index (κ2) is 4.67. The van der Waals surface area contributed by atoms with Crippen molar-refractivity contribution < 1.29 is 4.79 Å². The lowest BCUT2D eigenvalue weighted by Gasteiger charge is -2.23. The molecule has 1 aromatic heterocycles. The molecule has 0 saturated carbocycles. The average Bonchev–Trinajstić information content (AvgIpc) is 2.74. The Morgan fingerprint density at radius 2 is 2.11 bits per heavy atom. The van der Waals surface area contributed by atoms with Crippen LogP contribution in [-0.4, -0.2) is 16.9 Å². The van der Waals surface area contributed by atoms with E-state index in [1.165, 1.54) is 5.56 Å². The van der Waals surface area contributed by atoms with Gasteiger partial charge in [0.2, 0.25) is 0 Å². The van der Waals surface area contributed by atoms with E-state index >= 15 is 0 Å². The van der Waals surface area contributed by atoms with Gasteiger partial charge in [0, 0.05) is 17.9 Å². The molecule has 1 atom stereocenters. The second-order valence-corrected chi connectivity index (χ2v) is 5.06. The molecule has 0 fully saturated rings. The monoisotopic (exact) mass is 272 g/mol. The van der Waals surface area contributed by atoms with Crippen molar-refractivity contribution in [1.29, 1.82) is 0 Å². The maximum absolute atomic E-state index is 12.6. The Bertz CT molecular complexity index is 642. The van der Waals surface area contributed by atoms with E-state index in [1.807, 2.05) is 25.1 Å².